The molecule has 1 amide bonds. The molecule has 1 fully saturated rings. The maximum Gasteiger partial charge on any atom is 0.242 e. The number of rotatable bonds is 5. The minimum atomic E-state index is -0.474. The highest BCUT2D eigenvalue weighted by Crippen LogP contribution is 2.20. The van der Waals surface area contributed by atoms with Crippen molar-refractivity contribution in [1.29, 1.82) is 0 Å². The Balaban J connectivity index is 1.80. The number of benzene rings is 1. The number of nitrogens with zero attached hydrogens (tertiary/aromatic N) is 3. The van der Waals surface area contributed by atoms with Crippen LogP contribution in [0.25, 0.3) is 11.0 Å². The lowest BCUT2D eigenvalue weighted by molar-refractivity contribution is -0.132. The Morgan fingerprint density at radius 1 is 1.20 bits per heavy atom. The van der Waals surface area contributed by atoms with Crippen LogP contribution in [-0.2, 0) is 11.3 Å². The Kier molecular flexibility index (Phi) is 5.91. The summed E-state index contributed by atoms with van der Waals surface area (Å²) in [6.45, 7) is 4.11. The zero-order valence-electron chi connectivity index (χ0n) is 14.9. The minimum Gasteiger partial charge on any atom is -0.392 e. The van der Waals surface area contributed by atoms with Gasteiger partial charge in [-0.15, -0.1) is 0 Å². The minimum absolute atomic E-state index is 0.144. The molecule has 1 aromatic heterocycles. The largest absolute Gasteiger partial charge is 0.392 e. The quantitative estimate of drug-likeness (QED) is 0.875. The summed E-state index contributed by atoms with van der Waals surface area (Å²) in [7, 11) is 0. The Labute approximate surface area is 148 Å². The first kappa shape index (κ1) is 17.7. The molecule has 1 saturated heterocycles. The third-order valence-electron chi connectivity index (χ3n) is 4.71. The van der Waals surface area contributed by atoms with Gasteiger partial charge in [0.1, 0.15) is 6.54 Å². The van der Waals surface area contributed by atoms with Crippen molar-refractivity contribution in [2.24, 2.45) is 0 Å². The van der Waals surface area contributed by atoms with Gasteiger partial charge in [0.15, 0.2) is 0 Å². The lowest BCUT2D eigenvalue weighted by atomic mass is 10.1. The molecule has 0 bridgehead atoms. The van der Waals surface area contributed by atoms with Crippen LogP contribution in [0.1, 0.15) is 39.0 Å². The van der Waals surface area contributed by atoms with Gasteiger partial charge in [-0.25, -0.2) is 4.98 Å². The van der Waals surface area contributed by atoms with E-state index in [4.69, 9.17) is 0 Å². The van der Waals surface area contributed by atoms with Crippen LogP contribution < -0.4 is 5.32 Å². The smallest absolute Gasteiger partial charge is 0.242 e. The molecule has 6 heteroatoms. The van der Waals surface area contributed by atoms with Gasteiger partial charge < -0.3 is 19.9 Å². The highest BCUT2D eigenvalue weighted by Gasteiger charge is 2.19. The lowest BCUT2D eigenvalue weighted by Crippen LogP contribution is -2.36. The van der Waals surface area contributed by atoms with E-state index in [1.807, 2.05) is 33.7 Å². The van der Waals surface area contributed by atoms with Gasteiger partial charge in [0, 0.05) is 19.6 Å². The van der Waals surface area contributed by atoms with E-state index in [9.17, 15) is 9.90 Å². The molecule has 3 rings (SSSR count). The summed E-state index contributed by atoms with van der Waals surface area (Å²) in [5, 5.41) is 12.7. The second kappa shape index (κ2) is 8.34. The molecule has 136 valence electrons. The Hall–Kier alpha value is -2.08. The number of aliphatic hydroxyl groups is 1. The monoisotopic (exact) mass is 344 g/mol. The Bertz CT molecular complexity index is 703. The topological polar surface area (TPSA) is 70.4 Å². The molecule has 1 unspecified atom stereocenters. The molecule has 1 aliphatic heterocycles. The summed E-state index contributed by atoms with van der Waals surface area (Å²) in [6, 6.07) is 7.83. The number of nitrogens with one attached hydrogen (secondary N) is 1. The number of likely N-dealkylation sites (tertiary alicyclic amines) is 1. The van der Waals surface area contributed by atoms with E-state index in [1.165, 1.54) is 19.3 Å². The van der Waals surface area contributed by atoms with E-state index in [2.05, 4.69) is 10.3 Å². The summed E-state index contributed by atoms with van der Waals surface area (Å²) in [5.74, 6) is 0.785. The van der Waals surface area contributed by atoms with Gasteiger partial charge in [0.2, 0.25) is 11.9 Å². The Morgan fingerprint density at radius 3 is 2.60 bits per heavy atom. The van der Waals surface area contributed by atoms with E-state index >= 15 is 0 Å². The van der Waals surface area contributed by atoms with Crippen molar-refractivity contribution in [3.8, 4) is 0 Å². The molecule has 0 spiro atoms. The number of aromatic nitrogens is 2. The molecular formula is C19H28N4O2. The predicted octanol–water partition coefficient (Wildman–Crippen LogP) is 2.62. The van der Waals surface area contributed by atoms with Gasteiger partial charge in [-0.3, -0.25) is 4.79 Å². The first-order valence-corrected chi connectivity index (χ1v) is 9.30. The summed E-state index contributed by atoms with van der Waals surface area (Å²) >= 11 is 0. The van der Waals surface area contributed by atoms with Crippen molar-refractivity contribution in [3.63, 3.8) is 0 Å². The van der Waals surface area contributed by atoms with Crippen LogP contribution in [0.4, 0.5) is 5.95 Å². The van der Waals surface area contributed by atoms with Crippen molar-refractivity contribution in [2.45, 2.75) is 51.7 Å². The number of carbonyl (C=O) groups is 1. The maximum absolute atomic E-state index is 12.9. The first-order chi connectivity index (χ1) is 12.1. The molecule has 2 heterocycles. The molecule has 2 aromatic rings. The highest BCUT2D eigenvalue weighted by atomic mass is 16.3. The van der Waals surface area contributed by atoms with Crippen molar-refractivity contribution in [3.05, 3.63) is 24.3 Å². The van der Waals surface area contributed by atoms with E-state index in [-0.39, 0.29) is 12.5 Å². The van der Waals surface area contributed by atoms with Gasteiger partial charge in [-0.1, -0.05) is 31.4 Å². The molecular weight excluding hydrogens is 316 g/mol. The molecule has 0 saturated carbocycles. The molecule has 0 radical (unpaired) electrons. The number of amides is 1. The average molecular weight is 344 g/mol. The fraction of sp³-hybridized carbons (Fsp3) is 0.579. The fourth-order valence-electron chi connectivity index (χ4n) is 3.34. The number of hydrogen-bond donors (Lipinski definition) is 2. The highest BCUT2D eigenvalue weighted by molar-refractivity contribution is 5.83. The summed E-state index contributed by atoms with van der Waals surface area (Å²) in [5.41, 5.74) is 1.80. The fourth-order valence-corrected chi connectivity index (χ4v) is 3.34. The second-order valence-electron chi connectivity index (χ2n) is 6.89. The molecule has 6 nitrogen and oxygen atoms in total. The maximum atomic E-state index is 12.9. The number of fused-ring (bicyclic) bond motifs is 1. The summed E-state index contributed by atoms with van der Waals surface area (Å²) in [4.78, 5) is 19.4. The predicted molar refractivity (Wildman–Crippen MR) is 99.6 cm³/mol. The molecule has 2 N–H and O–H groups in total. The first-order valence-electron chi connectivity index (χ1n) is 9.30. The Morgan fingerprint density at radius 2 is 1.88 bits per heavy atom. The van der Waals surface area contributed by atoms with Crippen LogP contribution in [0.5, 0.6) is 0 Å². The van der Waals surface area contributed by atoms with Gasteiger partial charge in [-0.05, 0) is 31.9 Å². The van der Waals surface area contributed by atoms with E-state index in [0.717, 1.165) is 37.0 Å². The van der Waals surface area contributed by atoms with Crippen molar-refractivity contribution in [1.82, 2.24) is 14.5 Å². The van der Waals surface area contributed by atoms with Gasteiger partial charge in [0.05, 0.1) is 17.1 Å². The van der Waals surface area contributed by atoms with Crippen molar-refractivity contribution in [2.75, 3.05) is 25.0 Å². The summed E-state index contributed by atoms with van der Waals surface area (Å²) in [6.07, 6.45) is 5.39. The van der Waals surface area contributed by atoms with Crippen molar-refractivity contribution < 1.29 is 9.90 Å². The van der Waals surface area contributed by atoms with Crippen LogP contribution in [0, 0.1) is 0 Å². The number of hydrogen-bond acceptors (Lipinski definition) is 4. The number of carbonyl (C=O) groups excluding carboxylic acids is 1. The third-order valence-corrected chi connectivity index (χ3v) is 4.71. The SMILES string of the molecule is CC(O)CNc1nc2ccccc2n1CC(=O)N1CCCCCCC1. The van der Waals surface area contributed by atoms with Gasteiger partial charge in [-0.2, -0.15) is 0 Å². The number of anilines is 1. The molecule has 1 aliphatic rings. The standard InChI is InChI=1S/C19H28N4O2/c1-15(24)13-20-19-21-16-9-5-6-10-17(16)23(19)14-18(25)22-11-7-3-2-4-8-12-22/h5-6,9-10,15,24H,2-4,7-8,11-14H2,1H3,(H,20,21). The molecule has 0 aliphatic carbocycles. The molecule has 1 aromatic carbocycles. The van der Waals surface area contributed by atoms with Gasteiger partial charge >= 0.3 is 0 Å². The average Bonchev–Trinajstić information content (AvgIpc) is 2.90. The van der Waals surface area contributed by atoms with Gasteiger partial charge in [0.25, 0.3) is 0 Å². The number of imidazole rings is 1. The number of aliphatic hydroxyl groups excluding tert-OH is 1. The summed E-state index contributed by atoms with van der Waals surface area (Å²) < 4.78 is 1.93. The zero-order valence-corrected chi connectivity index (χ0v) is 14.9. The number of para-hydroxylation sites is 2. The molecule has 25 heavy (non-hydrogen) atoms. The van der Waals surface area contributed by atoms with Crippen LogP contribution in [0.15, 0.2) is 24.3 Å². The zero-order chi connectivity index (χ0) is 17.6. The normalized spacial score (nSPS) is 17.1. The third kappa shape index (κ3) is 4.51. The second-order valence-corrected chi connectivity index (χ2v) is 6.89. The van der Waals surface area contributed by atoms with Crippen LogP contribution in [-0.4, -0.2) is 51.2 Å². The molecule has 1 atom stereocenters. The van der Waals surface area contributed by atoms with Crippen molar-refractivity contribution >= 4 is 22.9 Å². The van der Waals surface area contributed by atoms with Crippen LogP contribution in [0.3, 0.4) is 0 Å². The van der Waals surface area contributed by atoms with E-state index < -0.39 is 6.10 Å². The van der Waals surface area contributed by atoms with Crippen LogP contribution >= 0.6 is 0 Å². The van der Waals surface area contributed by atoms with Crippen LogP contribution in [0.2, 0.25) is 0 Å². The van der Waals surface area contributed by atoms with E-state index in [0.29, 0.717) is 12.5 Å². The van der Waals surface area contributed by atoms with E-state index in [1.54, 1.807) is 6.92 Å². The lowest BCUT2D eigenvalue weighted by Gasteiger charge is -2.25.